The molecule has 144 valence electrons. The predicted octanol–water partition coefficient (Wildman–Crippen LogP) is 1.69. The number of carbonyl (C=O) groups is 1. The first kappa shape index (κ1) is 18.8. The minimum absolute atomic E-state index is 0.0406. The number of benzene rings is 1. The number of ether oxygens (including phenoxy) is 1. The van der Waals surface area contributed by atoms with E-state index in [0.717, 1.165) is 36.7 Å². The molecular formula is C19H23N3O5. The van der Waals surface area contributed by atoms with Crippen LogP contribution in [0.3, 0.4) is 0 Å². The molecule has 0 unspecified atom stereocenters. The van der Waals surface area contributed by atoms with Gasteiger partial charge in [0, 0.05) is 6.04 Å². The van der Waals surface area contributed by atoms with Crippen LogP contribution in [0.2, 0.25) is 0 Å². The molecule has 1 heterocycles. The topological polar surface area (TPSA) is 113 Å². The summed E-state index contributed by atoms with van der Waals surface area (Å²) in [4.78, 5) is 39.3. The normalized spacial score (nSPS) is 14.7. The lowest BCUT2D eigenvalue weighted by Crippen LogP contribution is -2.41. The van der Waals surface area contributed by atoms with E-state index in [4.69, 9.17) is 4.74 Å². The van der Waals surface area contributed by atoms with Crippen molar-refractivity contribution in [3.05, 3.63) is 50.7 Å². The predicted molar refractivity (Wildman–Crippen MR) is 99.8 cm³/mol. The summed E-state index contributed by atoms with van der Waals surface area (Å²) in [6, 6.07) is 6.54. The van der Waals surface area contributed by atoms with Crippen molar-refractivity contribution in [3.8, 4) is 17.3 Å². The van der Waals surface area contributed by atoms with Crippen LogP contribution in [0.1, 0.15) is 49.4 Å². The van der Waals surface area contributed by atoms with Crippen LogP contribution in [0.4, 0.5) is 0 Å². The second kappa shape index (κ2) is 8.11. The zero-order chi connectivity index (χ0) is 19.4. The maximum absolute atomic E-state index is 12.6. The van der Waals surface area contributed by atoms with Gasteiger partial charge in [0.05, 0.1) is 12.3 Å². The summed E-state index contributed by atoms with van der Waals surface area (Å²) in [7, 11) is 0. The van der Waals surface area contributed by atoms with Crippen molar-refractivity contribution in [1.82, 2.24) is 14.9 Å². The minimum atomic E-state index is -0.920. The van der Waals surface area contributed by atoms with E-state index in [-0.39, 0.29) is 11.7 Å². The van der Waals surface area contributed by atoms with Gasteiger partial charge in [-0.15, -0.1) is 0 Å². The third-order valence-corrected chi connectivity index (χ3v) is 4.66. The fourth-order valence-electron chi connectivity index (χ4n) is 3.38. The number of carbonyl (C=O) groups excluding carboxylic acids is 1. The summed E-state index contributed by atoms with van der Waals surface area (Å²) in [5, 5.41) is 13.4. The number of hydrogen-bond acceptors (Lipinski definition) is 5. The number of aromatic nitrogens is 2. The summed E-state index contributed by atoms with van der Waals surface area (Å²) in [6.45, 7) is 2.14. The highest BCUT2D eigenvalue weighted by Gasteiger charge is 2.25. The number of nitrogens with one attached hydrogen (secondary N) is 2. The molecular weight excluding hydrogens is 350 g/mol. The van der Waals surface area contributed by atoms with Crippen molar-refractivity contribution in [2.24, 2.45) is 0 Å². The minimum Gasteiger partial charge on any atom is -0.493 e. The highest BCUT2D eigenvalue weighted by Crippen LogP contribution is 2.26. The molecule has 1 aliphatic rings. The van der Waals surface area contributed by atoms with E-state index >= 15 is 0 Å². The highest BCUT2D eigenvalue weighted by molar-refractivity contribution is 5.96. The second-order valence-corrected chi connectivity index (χ2v) is 6.50. The summed E-state index contributed by atoms with van der Waals surface area (Å²) in [6.07, 6.45) is 4.80. The summed E-state index contributed by atoms with van der Waals surface area (Å²) in [5.41, 5.74) is -2.01. The molecule has 0 spiro atoms. The van der Waals surface area contributed by atoms with E-state index in [2.05, 4.69) is 10.3 Å². The zero-order valence-corrected chi connectivity index (χ0v) is 15.2. The lowest BCUT2D eigenvalue weighted by atomic mass is 9.95. The number of hydrogen-bond donors (Lipinski definition) is 3. The van der Waals surface area contributed by atoms with Gasteiger partial charge in [0.2, 0.25) is 5.88 Å². The van der Waals surface area contributed by atoms with Crippen molar-refractivity contribution in [3.63, 3.8) is 0 Å². The van der Waals surface area contributed by atoms with Crippen LogP contribution < -0.4 is 21.3 Å². The Morgan fingerprint density at radius 3 is 2.67 bits per heavy atom. The van der Waals surface area contributed by atoms with E-state index in [9.17, 15) is 19.5 Å². The van der Waals surface area contributed by atoms with Gasteiger partial charge in [-0.25, -0.2) is 9.36 Å². The van der Waals surface area contributed by atoms with Gasteiger partial charge in [-0.2, -0.15) is 0 Å². The van der Waals surface area contributed by atoms with Crippen LogP contribution in [-0.4, -0.2) is 33.2 Å². The van der Waals surface area contributed by atoms with E-state index in [0.29, 0.717) is 12.4 Å². The molecule has 3 N–H and O–H groups in total. The number of amides is 1. The molecule has 1 saturated carbocycles. The molecule has 0 atom stereocenters. The van der Waals surface area contributed by atoms with Gasteiger partial charge < -0.3 is 15.2 Å². The molecule has 0 aliphatic heterocycles. The molecule has 1 amide bonds. The number of aromatic hydroxyl groups is 1. The van der Waals surface area contributed by atoms with E-state index in [1.54, 1.807) is 31.2 Å². The molecule has 8 nitrogen and oxygen atoms in total. The Labute approximate surface area is 155 Å². The van der Waals surface area contributed by atoms with Gasteiger partial charge in [-0.3, -0.25) is 14.6 Å². The zero-order valence-electron chi connectivity index (χ0n) is 15.2. The van der Waals surface area contributed by atoms with E-state index in [1.165, 1.54) is 0 Å². The Morgan fingerprint density at radius 2 is 1.96 bits per heavy atom. The quantitative estimate of drug-likeness (QED) is 0.738. The molecule has 27 heavy (non-hydrogen) atoms. The maximum Gasteiger partial charge on any atom is 0.335 e. The molecule has 1 aromatic carbocycles. The first-order chi connectivity index (χ1) is 13.0. The molecule has 0 bridgehead atoms. The van der Waals surface area contributed by atoms with Crippen molar-refractivity contribution in [1.29, 1.82) is 0 Å². The maximum atomic E-state index is 12.6. The van der Waals surface area contributed by atoms with Gasteiger partial charge >= 0.3 is 5.69 Å². The van der Waals surface area contributed by atoms with Crippen LogP contribution in [0, 0.1) is 0 Å². The number of aromatic amines is 1. The standard InChI is InChI=1S/C19H23N3O5/c1-2-27-14-11-7-6-10-13(14)22-18(25)15(17(24)21-19(22)26)16(23)20-12-8-4-3-5-9-12/h6-7,10-12,25H,2-5,8-9H2,1H3,(H,20,23)(H,21,24,26). The van der Waals surface area contributed by atoms with E-state index in [1.807, 2.05) is 0 Å². The molecule has 1 aromatic heterocycles. The average molecular weight is 373 g/mol. The first-order valence-electron chi connectivity index (χ1n) is 9.14. The Hall–Kier alpha value is -3.03. The third-order valence-electron chi connectivity index (χ3n) is 4.66. The average Bonchev–Trinajstić information content (AvgIpc) is 2.63. The monoisotopic (exact) mass is 373 g/mol. The molecule has 3 rings (SSSR count). The number of rotatable bonds is 5. The summed E-state index contributed by atoms with van der Waals surface area (Å²) in [5.74, 6) is -1.05. The van der Waals surface area contributed by atoms with Crippen molar-refractivity contribution >= 4 is 5.91 Å². The molecule has 1 fully saturated rings. The summed E-state index contributed by atoms with van der Waals surface area (Å²) >= 11 is 0. The summed E-state index contributed by atoms with van der Waals surface area (Å²) < 4.78 is 6.37. The smallest absolute Gasteiger partial charge is 0.335 e. The van der Waals surface area contributed by atoms with Gasteiger partial charge in [-0.05, 0) is 31.9 Å². The van der Waals surface area contributed by atoms with Crippen LogP contribution >= 0.6 is 0 Å². The van der Waals surface area contributed by atoms with Crippen LogP contribution in [0.5, 0.6) is 11.6 Å². The molecule has 1 aliphatic carbocycles. The number of H-pyrrole nitrogens is 1. The van der Waals surface area contributed by atoms with Crippen LogP contribution in [0.25, 0.3) is 5.69 Å². The molecule has 8 heteroatoms. The number of para-hydroxylation sites is 2. The second-order valence-electron chi connectivity index (χ2n) is 6.50. The Balaban J connectivity index is 2.05. The SMILES string of the molecule is CCOc1ccccc1-n1c(O)c(C(=O)NC2CCCCC2)c(=O)[nH]c1=O. The van der Waals surface area contributed by atoms with Crippen LogP contribution in [-0.2, 0) is 0 Å². The van der Waals surface area contributed by atoms with Gasteiger partial charge in [0.25, 0.3) is 11.5 Å². The lowest BCUT2D eigenvalue weighted by molar-refractivity contribution is 0.0922. The van der Waals surface area contributed by atoms with Crippen molar-refractivity contribution in [2.75, 3.05) is 6.61 Å². The lowest BCUT2D eigenvalue weighted by Gasteiger charge is -2.23. The van der Waals surface area contributed by atoms with Crippen molar-refractivity contribution < 1.29 is 14.6 Å². The van der Waals surface area contributed by atoms with Gasteiger partial charge in [0.1, 0.15) is 5.75 Å². The van der Waals surface area contributed by atoms with Crippen molar-refractivity contribution in [2.45, 2.75) is 45.1 Å². The van der Waals surface area contributed by atoms with Gasteiger partial charge in [-0.1, -0.05) is 31.4 Å². The van der Waals surface area contributed by atoms with E-state index < -0.39 is 28.6 Å². The third kappa shape index (κ3) is 3.89. The molecule has 0 radical (unpaired) electrons. The Kier molecular flexibility index (Phi) is 5.63. The fraction of sp³-hybridized carbons (Fsp3) is 0.421. The molecule has 0 saturated heterocycles. The number of nitrogens with zero attached hydrogens (tertiary/aromatic N) is 1. The van der Waals surface area contributed by atoms with Gasteiger partial charge in [0.15, 0.2) is 5.56 Å². The highest BCUT2D eigenvalue weighted by atomic mass is 16.5. The molecule has 2 aromatic rings. The Morgan fingerprint density at radius 1 is 1.26 bits per heavy atom. The fourth-order valence-corrected chi connectivity index (χ4v) is 3.38. The first-order valence-corrected chi connectivity index (χ1v) is 9.14. The van der Waals surface area contributed by atoms with Crippen LogP contribution in [0.15, 0.2) is 33.9 Å². The Bertz CT molecular complexity index is 941. The largest absolute Gasteiger partial charge is 0.493 e.